The standard InChI is InChI=1S/C18H23N3O2/c1-3-16-18-19-8-11-20(18)9-5-10-21(16)17(22)13-23-15-7-4-6-14(2)12-15/h4,6-8,11-12,16H,3,5,9-10,13H2,1-2H3. The minimum absolute atomic E-state index is 0.0230. The van der Waals surface area contributed by atoms with Crippen LogP contribution in [0.5, 0.6) is 5.75 Å². The van der Waals surface area contributed by atoms with Gasteiger partial charge in [0.1, 0.15) is 11.6 Å². The van der Waals surface area contributed by atoms with Crippen molar-refractivity contribution in [1.29, 1.82) is 0 Å². The Hall–Kier alpha value is -2.30. The Balaban J connectivity index is 1.70. The molecule has 0 saturated heterocycles. The maximum Gasteiger partial charge on any atom is 0.261 e. The average Bonchev–Trinajstić information content (AvgIpc) is 2.93. The second-order valence-electron chi connectivity index (χ2n) is 5.95. The maximum absolute atomic E-state index is 12.7. The van der Waals surface area contributed by atoms with Crippen LogP contribution in [0.2, 0.25) is 0 Å². The number of rotatable bonds is 4. The predicted molar refractivity (Wildman–Crippen MR) is 88.3 cm³/mol. The molecule has 5 nitrogen and oxygen atoms in total. The lowest BCUT2D eigenvalue weighted by Gasteiger charge is -2.28. The first-order valence-corrected chi connectivity index (χ1v) is 8.19. The van der Waals surface area contributed by atoms with Crippen molar-refractivity contribution in [3.8, 4) is 5.75 Å². The molecule has 0 aliphatic carbocycles. The van der Waals surface area contributed by atoms with Gasteiger partial charge in [0.2, 0.25) is 0 Å². The summed E-state index contributed by atoms with van der Waals surface area (Å²) in [6.07, 6.45) is 5.60. The van der Waals surface area contributed by atoms with Gasteiger partial charge in [-0.05, 0) is 37.5 Å². The molecule has 0 N–H and O–H groups in total. The molecular formula is C18H23N3O2. The fourth-order valence-corrected chi connectivity index (χ4v) is 3.15. The summed E-state index contributed by atoms with van der Waals surface area (Å²) in [6, 6.07) is 7.80. The number of imidazole rings is 1. The highest BCUT2D eigenvalue weighted by atomic mass is 16.5. The van der Waals surface area contributed by atoms with Gasteiger partial charge in [0.15, 0.2) is 6.61 Å². The fourth-order valence-electron chi connectivity index (χ4n) is 3.15. The van der Waals surface area contributed by atoms with Crippen LogP contribution in [0.3, 0.4) is 0 Å². The van der Waals surface area contributed by atoms with Gasteiger partial charge in [-0.3, -0.25) is 4.79 Å². The van der Waals surface area contributed by atoms with Crippen molar-refractivity contribution in [3.05, 3.63) is 48.0 Å². The molecule has 1 aromatic heterocycles. The van der Waals surface area contributed by atoms with Crippen molar-refractivity contribution >= 4 is 5.91 Å². The minimum Gasteiger partial charge on any atom is -0.484 e. The lowest BCUT2D eigenvalue weighted by molar-refractivity contribution is -0.136. The Morgan fingerprint density at radius 2 is 2.26 bits per heavy atom. The van der Waals surface area contributed by atoms with Gasteiger partial charge >= 0.3 is 0 Å². The van der Waals surface area contributed by atoms with E-state index in [1.165, 1.54) is 0 Å². The Kier molecular flexibility index (Phi) is 4.65. The number of amides is 1. The molecule has 23 heavy (non-hydrogen) atoms. The van der Waals surface area contributed by atoms with E-state index in [4.69, 9.17) is 4.74 Å². The second kappa shape index (κ2) is 6.86. The lowest BCUT2D eigenvalue weighted by Crippen LogP contribution is -2.38. The topological polar surface area (TPSA) is 47.4 Å². The zero-order chi connectivity index (χ0) is 16.2. The second-order valence-corrected chi connectivity index (χ2v) is 5.95. The Morgan fingerprint density at radius 1 is 1.39 bits per heavy atom. The number of aromatic nitrogens is 2. The van der Waals surface area contributed by atoms with E-state index in [9.17, 15) is 4.79 Å². The third kappa shape index (κ3) is 3.38. The van der Waals surface area contributed by atoms with E-state index >= 15 is 0 Å². The smallest absolute Gasteiger partial charge is 0.261 e. The van der Waals surface area contributed by atoms with Crippen LogP contribution >= 0.6 is 0 Å². The summed E-state index contributed by atoms with van der Waals surface area (Å²) < 4.78 is 7.84. The van der Waals surface area contributed by atoms with Gasteiger partial charge in [-0.15, -0.1) is 0 Å². The van der Waals surface area contributed by atoms with Crippen LogP contribution in [0.25, 0.3) is 0 Å². The summed E-state index contributed by atoms with van der Waals surface area (Å²) in [6.45, 7) is 5.83. The summed E-state index contributed by atoms with van der Waals surface area (Å²) in [5.41, 5.74) is 1.12. The quantitative estimate of drug-likeness (QED) is 0.872. The largest absolute Gasteiger partial charge is 0.484 e. The van der Waals surface area contributed by atoms with E-state index in [-0.39, 0.29) is 18.6 Å². The monoisotopic (exact) mass is 313 g/mol. The van der Waals surface area contributed by atoms with E-state index in [2.05, 4.69) is 16.5 Å². The number of carbonyl (C=O) groups is 1. The van der Waals surface area contributed by atoms with E-state index in [1.54, 1.807) is 0 Å². The van der Waals surface area contributed by atoms with E-state index in [0.717, 1.165) is 43.1 Å². The van der Waals surface area contributed by atoms with Gasteiger partial charge in [-0.2, -0.15) is 0 Å². The molecule has 3 rings (SSSR count). The van der Waals surface area contributed by atoms with Crippen molar-refractivity contribution in [2.24, 2.45) is 0 Å². The summed E-state index contributed by atoms with van der Waals surface area (Å²) in [4.78, 5) is 19.1. The molecule has 5 heteroatoms. The fraction of sp³-hybridized carbons (Fsp3) is 0.444. The zero-order valence-corrected chi connectivity index (χ0v) is 13.7. The first-order valence-electron chi connectivity index (χ1n) is 8.19. The SMILES string of the molecule is CCC1c2nccn2CCCN1C(=O)COc1cccc(C)c1. The minimum atomic E-state index is 0.0230. The molecule has 1 aliphatic rings. The van der Waals surface area contributed by atoms with Gasteiger partial charge in [0.05, 0.1) is 6.04 Å². The van der Waals surface area contributed by atoms with Crippen molar-refractivity contribution in [3.63, 3.8) is 0 Å². The van der Waals surface area contributed by atoms with Crippen molar-refractivity contribution in [2.75, 3.05) is 13.2 Å². The normalized spacial score (nSPS) is 17.5. The predicted octanol–water partition coefficient (Wildman–Crippen LogP) is 2.95. The molecule has 2 heterocycles. The van der Waals surface area contributed by atoms with Crippen molar-refractivity contribution < 1.29 is 9.53 Å². The highest BCUT2D eigenvalue weighted by Crippen LogP contribution is 2.26. The third-order valence-electron chi connectivity index (χ3n) is 4.28. The van der Waals surface area contributed by atoms with E-state index in [1.807, 2.05) is 48.5 Å². The molecule has 1 aromatic carbocycles. The van der Waals surface area contributed by atoms with Crippen LogP contribution in [0.4, 0.5) is 0 Å². The average molecular weight is 313 g/mol. The van der Waals surface area contributed by atoms with Crippen molar-refractivity contribution in [2.45, 2.75) is 39.3 Å². The highest BCUT2D eigenvalue weighted by molar-refractivity contribution is 5.78. The molecule has 0 spiro atoms. The number of nitrogens with zero attached hydrogens (tertiary/aromatic N) is 3. The van der Waals surface area contributed by atoms with Crippen LogP contribution in [0, 0.1) is 6.92 Å². The Labute approximate surface area is 136 Å². The number of benzene rings is 1. The lowest BCUT2D eigenvalue weighted by atomic mass is 10.1. The summed E-state index contributed by atoms with van der Waals surface area (Å²) in [5, 5.41) is 0. The zero-order valence-electron chi connectivity index (χ0n) is 13.7. The number of carbonyl (C=O) groups excluding carboxylic acids is 1. The number of fused-ring (bicyclic) bond motifs is 1. The van der Waals surface area contributed by atoms with Crippen LogP contribution in [-0.2, 0) is 11.3 Å². The van der Waals surface area contributed by atoms with Crippen LogP contribution < -0.4 is 4.74 Å². The molecule has 1 atom stereocenters. The van der Waals surface area contributed by atoms with E-state index in [0.29, 0.717) is 0 Å². The van der Waals surface area contributed by atoms with Crippen LogP contribution in [-0.4, -0.2) is 33.5 Å². The molecule has 2 aromatic rings. The first kappa shape index (κ1) is 15.6. The molecular weight excluding hydrogens is 290 g/mol. The molecule has 0 radical (unpaired) electrons. The Bertz CT molecular complexity index is 680. The number of aryl methyl sites for hydroxylation is 2. The van der Waals surface area contributed by atoms with Gasteiger partial charge in [-0.25, -0.2) is 4.98 Å². The van der Waals surface area contributed by atoms with Gasteiger partial charge in [-0.1, -0.05) is 19.1 Å². The van der Waals surface area contributed by atoms with Crippen LogP contribution in [0.1, 0.15) is 37.2 Å². The third-order valence-corrected chi connectivity index (χ3v) is 4.28. The van der Waals surface area contributed by atoms with Crippen molar-refractivity contribution in [1.82, 2.24) is 14.5 Å². The molecule has 1 aliphatic heterocycles. The molecule has 0 bridgehead atoms. The molecule has 1 amide bonds. The first-order chi connectivity index (χ1) is 11.2. The summed E-state index contributed by atoms with van der Waals surface area (Å²) in [7, 11) is 0. The molecule has 0 saturated carbocycles. The Morgan fingerprint density at radius 3 is 3.04 bits per heavy atom. The molecule has 0 fully saturated rings. The van der Waals surface area contributed by atoms with Gasteiger partial charge in [0, 0.05) is 25.5 Å². The maximum atomic E-state index is 12.7. The number of hydrogen-bond donors (Lipinski definition) is 0. The summed E-state index contributed by atoms with van der Waals surface area (Å²) in [5.74, 6) is 1.74. The van der Waals surface area contributed by atoms with Gasteiger partial charge < -0.3 is 14.2 Å². The molecule has 122 valence electrons. The number of ether oxygens (including phenoxy) is 1. The van der Waals surface area contributed by atoms with Crippen LogP contribution in [0.15, 0.2) is 36.7 Å². The molecule has 1 unspecified atom stereocenters. The van der Waals surface area contributed by atoms with Gasteiger partial charge in [0.25, 0.3) is 5.91 Å². The highest BCUT2D eigenvalue weighted by Gasteiger charge is 2.29. The summed E-state index contributed by atoms with van der Waals surface area (Å²) >= 11 is 0. The number of hydrogen-bond acceptors (Lipinski definition) is 3. The van der Waals surface area contributed by atoms with E-state index < -0.39 is 0 Å².